The Morgan fingerprint density at radius 3 is 2.22 bits per heavy atom. The van der Waals surface area contributed by atoms with E-state index in [2.05, 4.69) is 13.5 Å². The minimum absolute atomic E-state index is 0.0826. The van der Waals surface area contributed by atoms with E-state index in [1.54, 1.807) is 56.7 Å². The van der Waals surface area contributed by atoms with Crippen LogP contribution in [0.15, 0.2) is 55.1 Å². The van der Waals surface area contributed by atoms with Crippen molar-refractivity contribution >= 4 is 11.9 Å². The van der Waals surface area contributed by atoms with Crippen molar-refractivity contribution in [3.63, 3.8) is 0 Å². The maximum Gasteiger partial charge on any atom is 0.185 e. The maximum absolute atomic E-state index is 12.4. The normalized spacial score (nSPS) is 10.6. The lowest BCUT2D eigenvalue weighted by Crippen LogP contribution is -1.98. The summed E-state index contributed by atoms with van der Waals surface area (Å²) in [4.78, 5) is 12.4. The summed E-state index contributed by atoms with van der Waals surface area (Å²) < 4.78 is 16.4. The number of hydrogen-bond acceptors (Lipinski definition) is 4. The number of hydrogen-bond donors (Lipinski definition) is 0. The van der Waals surface area contributed by atoms with Crippen molar-refractivity contribution in [3.8, 4) is 17.2 Å². The lowest BCUT2D eigenvalue weighted by atomic mass is 10.0. The number of allylic oxidation sites excluding steroid dienone is 1. The molecule has 142 valence electrons. The van der Waals surface area contributed by atoms with Crippen LogP contribution >= 0.6 is 0 Å². The fourth-order valence-electron chi connectivity index (χ4n) is 2.74. The van der Waals surface area contributed by atoms with Gasteiger partial charge in [-0.1, -0.05) is 32.1 Å². The molecular weight excluding hydrogens is 340 g/mol. The van der Waals surface area contributed by atoms with Gasteiger partial charge in [-0.15, -0.1) is 0 Å². The fraction of sp³-hybridized carbons (Fsp3) is 0.261. The summed E-state index contributed by atoms with van der Waals surface area (Å²) >= 11 is 0. The lowest BCUT2D eigenvalue weighted by molar-refractivity contribution is 0.104. The highest BCUT2D eigenvalue weighted by Gasteiger charge is 2.11. The number of rotatable bonds is 10. The van der Waals surface area contributed by atoms with Gasteiger partial charge in [0.25, 0.3) is 0 Å². The topological polar surface area (TPSA) is 44.8 Å². The zero-order valence-electron chi connectivity index (χ0n) is 16.2. The van der Waals surface area contributed by atoms with Gasteiger partial charge in [0.15, 0.2) is 5.78 Å². The van der Waals surface area contributed by atoms with Gasteiger partial charge in [-0.25, -0.2) is 0 Å². The zero-order chi connectivity index (χ0) is 19.6. The van der Waals surface area contributed by atoms with Crippen LogP contribution in [0.2, 0.25) is 0 Å². The summed E-state index contributed by atoms with van der Waals surface area (Å²) in [6.45, 7) is 6.15. The van der Waals surface area contributed by atoms with Gasteiger partial charge in [-0.2, -0.15) is 0 Å². The first-order valence-electron chi connectivity index (χ1n) is 8.94. The van der Waals surface area contributed by atoms with Gasteiger partial charge < -0.3 is 14.2 Å². The molecule has 27 heavy (non-hydrogen) atoms. The highest BCUT2D eigenvalue weighted by Crippen LogP contribution is 2.32. The quantitative estimate of drug-likeness (QED) is 0.333. The first kappa shape index (κ1) is 20.3. The number of benzene rings is 2. The molecule has 0 aliphatic carbocycles. The van der Waals surface area contributed by atoms with E-state index in [0.717, 1.165) is 35.5 Å². The zero-order valence-corrected chi connectivity index (χ0v) is 16.2. The van der Waals surface area contributed by atoms with Crippen LogP contribution in [0, 0.1) is 0 Å². The molecule has 0 aliphatic rings. The third kappa shape index (κ3) is 5.48. The van der Waals surface area contributed by atoms with Gasteiger partial charge in [-0.05, 0) is 54.5 Å². The molecule has 2 rings (SSSR count). The SMILES string of the molecule is C=CCOc1ccc(C(=O)/C=C/c2cc(OC)c(CCC)c(OC)c2)cc1. The average Bonchev–Trinajstić information content (AvgIpc) is 2.71. The Morgan fingerprint density at radius 1 is 1.07 bits per heavy atom. The summed E-state index contributed by atoms with van der Waals surface area (Å²) in [5.74, 6) is 2.16. The molecule has 0 saturated carbocycles. The Labute approximate surface area is 161 Å². The Bertz CT molecular complexity index is 779. The number of ketones is 1. The van der Waals surface area contributed by atoms with E-state index in [4.69, 9.17) is 14.2 Å². The molecule has 0 fully saturated rings. The first-order chi connectivity index (χ1) is 13.1. The highest BCUT2D eigenvalue weighted by atomic mass is 16.5. The predicted octanol–water partition coefficient (Wildman–Crippen LogP) is 5.12. The number of methoxy groups -OCH3 is 2. The third-order valence-corrected chi connectivity index (χ3v) is 4.06. The standard InChI is InChI=1S/C23H26O4/c1-5-7-20-22(25-3)15-17(16-23(20)26-4)8-13-21(24)18-9-11-19(12-10-18)27-14-6-2/h6,8-13,15-16H,2,5,7,14H2,1,3-4H3/b13-8+. The molecule has 0 unspecified atom stereocenters. The van der Waals surface area contributed by atoms with E-state index in [-0.39, 0.29) is 5.78 Å². The van der Waals surface area contributed by atoms with Crippen LogP contribution in [0.25, 0.3) is 6.08 Å². The monoisotopic (exact) mass is 366 g/mol. The Kier molecular flexibility index (Phi) is 7.68. The van der Waals surface area contributed by atoms with Crippen molar-refractivity contribution in [2.45, 2.75) is 19.8 Å². The molecule has 0 heterocycles. The van der Waals surface area contributed by atoms with Gasteiger partial charge >= 0.3 is 0 Å². The minimum Gasteiger partial charge on any atom is -0.496 e. The maximum atomic E-state index is 12.4. The summed E-state index contributed by atoms with van der Waals surface area (Å²) in [5, 5.41) is 0. The van der Waals surface area contributed by atoms with Crippen molar-refractivity contribution in [1.29, 1.82) is 0 Å². The summed E-state index contributed by atoms with van der Waals surface area (Å²) in [6.07, 6.45) is 6.86. The van der Waals surface area contributed by atoms with Crippen LogP contribution in [0.3, 0.4) is 0 Å². The number of carbonyl (C=O) groups excluding carboxylic acids is 1. The molecule has 0 bridgehead atoms. The molecule has 0 saturated heterocycles. The molecule has 0 radical (unpaired) electrons. The van der Waals surface area contributed by atoms with Gasteiger partial charge in [0, 0.05) is 11.1 Å². The second-order valence-electron chi connectivity index (χ2n) is 5.98. The molecule has 4 heteroatoms. The van der Waals surface area contributed by atoms with Crippen LogP contribution in [0.5, 0.6) is 17.2 Å². The lowest BCUT2D eigenvalue weighted by Gasteiger charge is -2.13. The molecule has 0 N–H and O–H groups in total. The van der Waals surface area contributed by atoms with Crippen molar-refractivity contribution < 1.29 is 19.0 Å². The van der Waals surface area contributed by atoms with Crippen molar-refractivity contribution in [3.05, 3.63) is 71.8 Å². The van der Waals surface area contributed by atoms with Gasteiger partial charge in [0.2, 0.25) is 0 Å². The van der Waals surface area contributed by atoms with E-state index in [9.17, 15) is 4.79 Å². The predicted molar refractivity (Wildman–Crippen MR) is 109 cm³/mol. The van der Waals surface area contributed by atoms with Crippen LogP contribution in [0.1, 0.15) is 34.8 Å². The molecule has 0 spiro atoms. The van der Waals surface area contributed by atoms with Gasteiger partial charge in [0.1, 0.15) is 23.9 Å². The van der Waals surface area contributed by atoms with E-state index >= 15 is 0 Å². The molecular formula is C23H26O4. The molecule has 0 aromatic heterocycles. The second-order valence-corrected chi connectivity index (χ2v) is 5.98. The largest absolute Gasteiger partial charge is 0.496 e. The van der Waals surface area contributed by atoms with Crippen molar-refractivity contribution in [2.75, 3.05) is 20.8 Å². The second kappa shape index (κ2) is 10.2. The third-order valence-electron chi connectivity index (χ3n) is 4.06. The number of carbonyl (C=O) groups is 1. The van der Waals surface area contributed by atoms with E-state index in [0.29, 0.717) is 17.9 Å². The molecule has 0 aliphatic heterocycles. The molecule has 2 aromatic carbocycles. The Morgan fingerprint density at radius 2 is 1.70 bits per heavy atom. The van der Waals surface area contributed by atoms with Crippen LogP contribution in [-0.2, 0) is 6.42 Å². The van der Waals surface area contributed by atoms with E-state index < -0.39 is 0 Å². The first-order valence-corrected chi connectivity index (χ1v) is 8.94. The Hall–Kier alpha value is -3.01. The highest BCUT2D eigenvalue weighted by molar-refractivity contribution is 6.06. The molecule has 2 aromatic rings. The van der Waals surface area contributed by atoms with Crippen LogP contribution in [0.4, 0.5) is 0 Å². The average molecular weight is 366 g/mol. The van der Waals surface area contributed by atoms with E-state index in [1.807, 2.05) is 12.1 Å². The Balaban J connectivity index is 2.18. The summed E-state index contributed by atoms with van der Waals surface area (Å²) in [7, 11) is 3.28. The molecule has 4 nitrogen and oxygen atoms in total. The smallest absolute Gasteiger partial charge is 0.185 e. The molecule has 0 atom stereocenters. The summed E-state index contributed by atoms with van der Waals surface area (Å²) in [5.41, 5.74) is 2.49. The van der Waals surface area contributed by atoms with Crippen LogP contribution in [-0.4, -0.2) is 26.6 Å². The number of ether oxygens (including phenoxy) is 3. The van der Waals surface area contributed by atoms with Crippen LogP contribution < -0.4 is 14.2 Å². The minimum atomic E-state index is -0.0826. The fourth-order valence-corrected chi connectivity index (χ4v) is 2.74. The van der Waals surface area contributed by atoms with E-state index in [1.165, 1.54) is 0 Å². The summed E-state index contributed by atoms with van der Waals surface area (Å²) in [6, 6.07) is 10.9. The van der Waals surface area contributed by atoms with Gasteiger partial charge in [-0.3, -0.25) is 4.79 Å². The van der Waals surface area contributed by atoms with Crippen molar-refractivity contribution in [1.82, 2.24) is 0 Å². The van der Waals surface area contributed by atoms with Gasteiger partial charge in [0.05, 0.1) is 14.2 Å². The van der Waals surface area contributed by atoms with Crippen molar-refractivity contribution in [2.24, 2.45) is 0 Å². The molecule has 0 amide bonds.